The number of nitrogens with zero attached hydrogens (tertiary/aromatic N) is 2. The summed E-state index contributed by atoms with van der Waals surface area (Å²) in [7, 11) is 1.67. The van der Waals surface area contributed by atoms with Crippen LogP contribution in [0.1, 0.15) is 24.6 Å². The molecule has 0 saturated carbocycles. The molecule has 0 amide bonds. The molecule has 1 aromatic heterocycles. The van der Waals surface area contributed by atoms with Gasteiger partial charge in [-0.25, -0.2) is 4.68 Å². The summed E-state index contributed by atoms with van der Waals surface area (Å²) in [5.74, 6) is 0.776. The Morgan fingerprint density at radius 1 is 1.40 bits per heavy atom. The topological polar surface area (TPSA) is 53.1 Å². The smallest absolute Gasteiger partial charge is 0.219 e. The van der Waals surface area contributed by atoms with Crippen LogP contribution in [0.4, 0.5) is 0 Å². The fraction of sp³-hybridized carbons (Fsp3) is 0.400. The Hall–Kier alpha value is -1.52. The van der Waals surface area contributed by atoms with Crippen molar-refractivity contribution in [2.24, 2.45) is 5.73 Å². The van der Waals surface area contributed by atoms with E-state index in [-0.39, 0.29) is 0 Å². The minimum Gasteiger partial charge on any atom is -0.481 e. The average molecular weight is 294 g/mol. The lowest BCUT2D eigenvalue weighted by Crippen LogP contribution is -2.03. The molecule has 2 rings (SSSR count). The van der Waals surface area contributed by atoms with Crippen molar-refractivity contribution in [3.63, 3.8) is 0 Å². The highest BCUT2D eigenvalue weighted by Gasteiger charge is 2.18. The fourth-order valence-electron chi connectivity index (χ4n) is 2.28. The molecule has 0 unspecified atom stereocenters. The maximum atomic E-state index is 6.06. The van der Waals surface area contributed by atoms with Crippen molar-refractivity contribution in [2.75, 3.05) is 13.7 Å². The summed E-state index contributed by atoms with van der Waals surface area (Å²) >= 11 is 6.06. The van der Waals surface area contributed by atoms with Crippen LogP contribution in [0.3, 0.4) is 0 Å². The molecule has 20 heavy (non-hydrogen) atoms. The Morgan fingerprint density at radius 2 is 2.20 bits per heavy atom. The van der Waals surface area contributed by atoms with Crippen LogP contribution in [-0.2, 0) is 12.8 Å². The van der Waals surface area contributed by atoms with Gasteiger partial charge in [0, 0.05) is 10.6 Å². The maximum absolute atomic E-state index is 6.06. The molecule has 108 valence electrons. The van der Waals surface area contributed by atoms with E-state index >= 15 is 0 Å². The quantitative estimate of drug-likeness (QED) is 0.891. The lowest BCUT2D eigenvalue weighted by Gasteiger charge is -2.08. The van der Waals surface area contributed by atoms with Crippen molar-refractivity contribution < 1.29 is 4.74 Å². The standard InChI is InChI=1S/C15H20ClN3O/c1-3-14-13(8-5-9-17)15(20-2)19(18-14)12-7-4-6-11(16)10-12/h4,6-7,10H,3,5,8-9,17H2,1-2H3. The van der Waals surface area contributed by atoms with Crippen molar-refractivity contribution in [1.82, 2.24) is 9.78 Å². The number of rotatable bonds is 6. The SMILES string of the molecule is CCc1nn(-c2cccc(Cl)c2)c(OC)c1CCCN. The molecule has 2 N–H and O–H groups in total. The molecule has 1 heterocycles. The van der Waals surface area contributed by atoms with E-state index in [0.717, 1.165) is 42.1 Å². The summed E-state index contributed by atoms with van der Waals surface area (Å²) in [6, 6.07) is 7.60. The second kappa shape index (κ2) is 6.77. The maximum Gasteiger partial charge on any atom is 0.219 e. The highest BCUT2D eigenvalue weighted by Crippen LogP contribution is 2.28. The number of halogens is 1. The second-order valence-corrected chi connectivity index (χ2v) is 5.01. The van der Waals surface area contributed by atoms with E-state index in [1.165, 1.54) is 0 Å². The van der Waals surface area contributed by atoms with Crippen LogP contribution in [0.15, 0.2) is 24.3 Å². The van der Waals surface area contributed by atoms with E-state index in [0.29, 0.717) is 11.6 Å². The van der Waals surface area contributed by atoms with Gasteiger partial charge in [-0.2, -0.15) is 5.10 Å². The highest BCUT2D eigenvalue weighted by molar-refractivity contribution is 6.30. The predicted octanol–water partition coefficient (Wildman–Crippen LogP) is 2.99. The van der Waals surface area contributed by atoms with E-state index in [4.69, 9.17) is 22.1 Å². The number of hydrogen-bond acceptors (Lipinski definition) is 3. The molecule has 5 heteroatoms. The van der Waals surface area contributed by atoms with E-state index in [1.54, 1.807) is 7.11 Å². The Balaban J connectivity index is 2.50. The number of aromatic nitrogens is 2. The van der Waals surface area contributed by atoms with E-state index in [1.807, 2.05) is 28.9 Å². The van der Waals surface area contributed by atoms with Gasteiger partial charge in [0.25, 0.3) is 0 Å². The Labute approximate surface area is 124 Å². The number of aryl methyl sites for hydroxylation is 1. The zero-order valence-electron chi connectivity index (χ0n) is 11.9. The summed E-state index contributed by atoms with van der Waals surface area (Å²) < 4.78 is 7.38. The first-order chi connectivity index (χ1) is 9.71. The van der Waals surface area contributed by atoms with Gasteiger partial charge in [0.05, 0.1) is 18.5 Å². The third-order valence-corrected chi connectivity index (χ3v) is 3.47. The van der Waals surface area contributed by atoms with E-state index in [9.17, 15) is 0 Å². The van der Waals surface area contributed by atoms with Gasteiger partial charge in [-0.15, -0.1) is 0 Å². The van der Waals surface area contributed by atoms with Crippen LogP contribution in [-0.4, -0.2) is 23.4 Å². The Morgan fingerprint density at radius 3 is 2.80 bits per heavy atom. The van der Waals surface area contributed by atoms with Crippen LogP contribution in [0.5, 0.6) is 5.88 Å². The molecule has 4 nitrogen and oxygen atoms in total. The molecular formula is C15H20ClN3O. The fourth-order valence-corrected chi connectivity index (χ4v) is 2.47. The van der Waals surface area contributed by atoms with Crippen molar-refractivity contribution in [3.05, 3.63) is 40.5 Å². The minimum absolute atomic E-state index is 0.661. The van der Waals surface area contributed by atoms with Crippen molar-refractivity contribution in [2.45, 2.75) is 26.2 Å². The van der Waals surface area contributed by atoms with Crippen LogP contribution in [0.25, 0.3) is 5.69 Å². The zero-order chi connectivity index (χ0) is 14.5. The number of hydrogen-bond donors (Lipinski definition) is 1. The summed E-state index contributed by atoms with van der Waals surface area (Å²) in [6.07, 6.45) is 2.66. The van der Waals surface area contributed by atoms with Crippen LogP contribution in [0, 0.1) is 0 Å². The van der Waals surface area contributed by atoms with Crippen molar-refractivity contribution in [3.8, 4) is 11.6 Å². The van der Waals surface area contributed by atoms with Gasteiger partial charge in [0.2, 0.25) is 5.88 Å². The molecule has 0 atom stereocenters. The zero-order valence-corrected chi connectivity index (χ0v) is 12.7. The number of methoxy groups -OCH3 is 1. The van der Waals surface area contributed by atoms with Gasteiger partial charge in [-0.1, -0.05) is 24.6 Å². The first-order valence-electron chi connectivity index (χ1n) is 6.82. The Kier molecular flexibility index (Phi) is 5.04. The lowest BCUT2D eigenvalue weighted by molar-refractivity contribution is 0.379. The normalized spacial score (nSPS) is 10.8. The monoisotopic (exact) mass is 293 g/mol. The molecule has 0 spiro atoms. The molecule has 0 aliphatic rings. The van der Waals surface area contributed by atoms with Crippen LogP contribution < -0.4 is 10.5 Å². The molecule has 0 aliphatic carbocycles. The molecule has 1 aromatic carbocycles. The van der Waals surface area contributed by atoms with Gasteiger partial charge in [0.15, 0.2) is 0 Å². The van der Waals surface area contributed by atoms with Gasteiger partial charge in [-0.05, 0) is 44.0 Å². The molecule has 0 radical (unpaired) electrons. The lowest BCUT2D eigenvalue weighted by atomic mass is 10.1. The summed E-state index contributed by atoms with van der Waals surface area (Å²) in [5, 5.41) is 5.34. The number of nitrogens with two attached hydrogens (primary N) is 1. The average Bonchev–Trinajstić information content (AvgIpc) is 2.82. The third kappa shape index (κ3) is 2.97. The highest BCUT2D eigenvalue weighted by atomic mass is 35.5. The minimum atomic E-state index is 0.661. The van der Waals surface area contributed by atoms with Gasteiger partial charge in [0.1, 0.15) is 0 Å². The molecule has 0 aliphatic heterocycles. The molecule has 2 aromatic rings. The summed E-state index contributed by atoms with van der Waals surface area (Å²) in [6.45, 7) is 2.75. The Bertz CT molecular complexity index is 580. The number of ether oxygens (including phenoxy) is 1. The molecule has 0 saturated heterocycles. The van der Waals surface area contributed by atoms with E-state index in [2.05, 4.69) is 12.0 Å². The van der Waals surface area contributed by atoms with Crippen molar-refractivity contribution >= 4 is 11.6 Å². The number of benzene rings is 1. The summed E-state index contributed by atoms with van der Waals surface area (Å²) in [4.78, 5) is 0. The molecule has 0 bridgehead atoms. The second-order valence-electron chi connectivity index (χ2n) is 4.57. The van der Waals surface area contributed by atoms with Crippen molar-refractivity contribution in [1.29, 1.82) is 0 Å². The third-order valence-electron chi connectivity index (χ3n) is 3.23. The predicted molar refractivity (Wildman–Crippen MR) is 81.9 cm³/mol. The summed E-state index contributed by atoms with van der Waals surface area (Å²) in [5.41, 5.74) is 8.71. The first-order valence-corrected chi connectivity index (χ1v) is 7.19. The van der Waals surface area contributed by atoms with Crippen LogP contribution in [0.2, 0.25) is 5.02 Å². The molecule has 0 fully saturated rings. The van der Waals surface area contributed by atoms with Gasteiger partial charge >= 0.3 is 0 Å². The largest absolute Gasteiger partial charge is 0.481 e. The first kappa shape index (κ1) is 14.9. The van der Waals surface area contributed by atoms with Gasteiger partial charge < -0.3 is 10.5 Å². The van der Waals surface area contributed by atoms with Gasteiger partial charge in [-0.3, -0.25) is 0 Å². The van der Waals surface area contributed by atoms with E-state index < -0.39 is 0 Å². The van der Waals surface area contributed by atoms with Crippen LogP contribution >= 0.6 is 11.6 Å². The molecular weight excluding hydrogens is 274 g/mol.